The van der Waals surface area contributed by atoms with E-state index in [1.54, 1.807) is 22.7 Å². The van der Waals surface area contributed by atoms with Crippen LogP contribution >= 0.6 is 22.7 Å². The van der Waals surface area contributed by atoms with Gasteiger partial charge in [-0.2, -0.15) is 0 Å². The van der Waals surface area contributed by atoms with Crippen molar-refractivity contribution in [3.8, 4) is 10.0 Å². The summed E-state index contributed by atoms with van der Waals surface area (Å²) in [5.41, 5.74) is 0. The molecule has 2 aromatic heterocycles. The van der Waals surface area contributed by atoms with E-state index in [1.165, 1.54) is 4.88 Å². The van der Waals surface area contributed by atoms with Crippen LogP contribution in [0, 0.1) is 0 Å². The molecule has 0 saturated carbocycles. The van der Waals surface area contributed by atoms with Gasteiger partial charge >= 0.3 is 0 Å². The van der Waals surface area contributed by atoms with E-state index in [1.807, 2.05) is 17.8 Å². The summed E-state index contributed by atoms with van der Waals surface area (Å²) in [6.07, 6.45) is 3.73. The lowest BCUT2D eigenvalue weighted by molar-refractivity contribution is 0.734. The Morgan fingerprint density at radius 2 is 2.29 bits per heavy atom. The minimum atomic E-state index is 0.902. The van der Waals surface area contributed by atoms with Crippen LogP contribution in [0.5, 0.6) is 0 Å². The second kappa shape index (κ2) is 4.63. The van der Waals surface area contributed by atoms with Gasteiger partial charge in [-0.05, 0) is 6.54 Å². The molecule has 0 bridgehead atoms. The van der Waals surface area contributed by atoms with Crippen molar-refractivity contribution in [1.29, 1.82) is 0 Å². The van der Waals surface area contributed by atoms with Crippen molar-refractivity contribution >= 4 is 22.7 Å². The van der Waals surface area contributed by atoms with Crippen LogP contribution in [-0.4, -0.2) is 16.5 Å². The maximum absolute atomic E-state index is 4.34. The van der Waals surface area contributed by atoms with Crippen LogP contribution in [-0.2, 0) is 6.54 Å². The van der Waals surface area contributed by atoms with Crippen molar-refractivity contribution in [3.05, 3.63) is 22.7 Å². The Kier molecular flexibility index (Phi) is 3.23. The highest BCUT2D eigenvalue weighted by Crippen LogP contribution is 2.26. The summed E-state index contributed by atoms with van der Waals surface area (Å²) in [5, 5.41) is 7.28. The van der Waals surface area contributed by atoms with Gasteiger partial charge in [-0.1, -0.05) is 6.92 Å². The highest BCUT2D eigenvalue weighted by molar-refractivity contribution is 7.20. The molecule has 0 aliphatic rings. The number of nitrogens with zero attached hydrogens (tertiary/aromatic N) is 2. The standard InChI is InChI=1S/C9H11N3S2/c1-2-10-5-7-6-12-9(14-7)8-11-3-4-13-8/h3-4,6,10H,2,5H2,1H3. The van der Waals surface area contributed by atoms with Crippen LogP contribution in [0.1, 0.15) is 11.8 Å². The predicted octanol–water partition coefficient (Wildman–Crippen LogP) is 2.38. The summed E-state index contributed by atoms with van der Waals surface area (Å²) >= 11 is 3.33. The summed E-state index contributed by atoms with van der Waals surface area (Å²) < 4.78 is 0. The third kappa shape index (κ3) is 2.17. The number of aromatic nitrogens is 2. The molecule has 3 nitrogen and oxygen atoms in total. The molecule has 0 atom stereocenters. The van der Waals surface area contributed by atoms with E-state index in [9.17, 15) is 0 Å². The summed E-state index contributed by atoms with van der Waals surface area (Å²) in [6.45, 7) is 3.99. The average Bonchev–Trinajstić information content (AvgIpc) is 2.85. The Bertz CT molecular complexity index is 380. The molecule has 5 heteroatoms. The number of nitrogens with one attached hydrogen (secondary N) is 1. The Morgan fingerprint density at radius 1 is 1.36 bits per heavy atom. The lowest BCUT2D eigenvalue weighted by Crippen LogP contribution is -2.10. The zero-order valence-electron chi connectivity index (χ0n) is 7.86. The molecule has 0 saturated heterocycles. The average molecular weight is 225 g/mol. The van der Waals surface area contributed by atoms with Crippen LogP contribution in [0.2, 0.25) is 0 Å². The van der Waals surface area contributed by atoms with Crippen LogP contribution in [0.4, 0.5) is 0 Å². The van der Waals surface area contributed by atoms with Crippen molar-refractivity contribution < 1.29 is 0 Å². The van der Waals surface area contributed by atoms with E-state index in [-0.39, 0.29) is 0 Å². The largest absolute Gasteiger partial charge is 0.312 e. The van der Waals surface area contributed by atoms with Gasteiger partial charge in [0.15, 0.2) is 10.0 Å². The summed E-state index contributed by atoms with van der Waals surface area (Å²) in [4.78, 5) is 9.83. The first-order valence-electron chi connectivity index (χ1n) is 4.45. The molecule has 0 fully saturated rings. The minimum Gasteiger partial charge on any atom is -0.312 e. The molecule has 0 radical (unpaired) electrons. The molecule has 0 aliphatic carbocycles. The topological polar surface area (TPSA) is 37.8 Å². The van der Waals surface area contributed by atoms with Gasteiger partial charge in [0.05, 0.1) is 0 Å². The van der Waals surface area contributed by atoms with Gasteiger partial charge in [-0.15, -0.1) is 22.7 Å². The number of thiazole rings is 2. The first kappa shape index (κ1) is 9.76. The zero-order valence-corrected chi connectivity index (χ0v) is 9.49. The molecule has 2 aromatic rings. The number of hydrogen-bond acceptors (Lipinski definition) is 5. The second-order valence-electron chi connectivity index (χ2n) is 2.75. The van der Waals surface area contributed by atoms with Gasteiger partial charge in [0, 0.05) is 29.2 Å². The van der Waals surface area contributed by atoms with Gasteiger partial charge in [0.1, 0.15) is 0 Å². The van der Waals surface area contributed by atoms with Gasteiger partial charge in [0.2, 0.25) is 0 Å². The number of hydrogen-bond donors (Lipinski definition) is 1. The lowest BCUT2D eigenvalue weighted by atomic mass is 10.5. The molecule has 74 valence electrons. The molecule has 2 heterocycles. The molecule has 0 aromatic carbocycles. The van der Waals surface area contributed by atoms with Crippen LogP contribution in [0.15, 0.2) is 17.8 Å². The normalized spacial score (nSPS) is 10.6. The monoisotopic (exact) mass is 225 g/mol. The van der Waals surface area contributed by atoms with Gasteiger partial charge in [-0.25, -0.2) is 9.97 Å². The third-order valence-electron chi connectivity index (χ3n) is 1.72. The van der Waals surface area contributed by atoms with Crippen molar-refractivity contribution in [2.45, 2.75) is 13.5 Å². The molecule has 0 spiro atoms. The van der Waals surface area contributed by atoms with Crippen molar-refractivity contribution in [2.75, 3.05) is 6.54 Å². The second-order valence-corrected chi connectivity index (χ2v) is 4.76. The van der Waals surface area contributed by atoms with E-state index >= 15 is 0 Å². The summed E-state index contributed by atoms with van der Waals surface area (Å²) in [7, 11) is 0. The SMILES string of the molecule is CCNCc1cnc(-c2nccs2)s1. The molecule has 14 heavy (non-hydrogen) atoms. The quantitative estimate of drug-likeness (QED) is 0.868. The first-order chi connectivity index (χ1) is 6.90. The predicted molar refractivity (Wildman–Crippen MR) is 60.6 cm³/mol. The molecular formula is C9H11N3S2. The van der Waals surface area contributed by atoms with Gasteiger partial charge in [0.25, 0.3) is 0 Å². The summed E-state index contributed by atoms with van der Waals surface area (Å²) in [5.74, 6) is 0. The molecule has 2 rings (SSSR count). The van der Waals surface area contributed by atoms with Gasteiger partial charge in [-0.3, -0.25) is 0 Å². The molecule has 0 aliphatic heterocycles. The molecule has 1 N–H and O–H groups in total. The summed E-state index contributed by atoms with van der Waals surface area (Å²) in [6, 6.07) is 0. The maximum atomic E-state index is 4.34. The van der Waals surface area contributed by atoms with E-state index < -0.39 is 0 Å². The van der Waals surface area contributed by atoms with E-state index in [4.69, 9.17) is 0 Å². The zero-order chi connectivity index (χ0) is 9.80. The Hall–Kier alpha value is -0.780. The van der Waals surface area contributed by atoms with E-state index in [0.29, 0.717) is 0 Å². The lowest BCUT2D eigenvalue weighted by Gasteiger charge is -1.94. The Morgan fingerprint density at radius 3 is 3.00 bits per heavy atom. The van der Waals surface area contributed by atoms with Crippen LogP contribution in [0.25, 0.3) is 10.0 Å². The highest BCUT2D eigenvalue weighted by Gasteiger charge is 2.05. The first-order valence-corrected chi connectivity index (χ1v) is 6.15. The Labute approximate surface area is 90.9 Å². The fourth-order valence-electron chi connectivity index (χ4n) is 1.07. The van der Waals surface area contributed by atoms with E-state index in [0.717, 1.165) is 23.1 Å². The van der Waals surface area contributed by atoms with E-state index in [2.05, 4.69) is 22.2 Å². The van der Waals surface area contributed by atoms with Crippen molar-refractivity contribution in [1.82, 2.24) is 15.3 Å². The van der Waals surface area contributed by atoms with Crippen molar-refractivity contribution in [2.24, 2.45) is 0 Å². The number of rotatable bonds is 4. The fraction of sp³-hybridized carbons (Fsp3) is 0.333. The smallest absolute Gasteiger partial charge is 0.152 e. The third-order valence-corrected chi connectivity index (χ3v) is 3.63. The fourth-order valence-corrected chi connectivity index (χ4v) is 2.63. The van der Waals surface area contributed by atoms with Gasteiger partial charge < -0.3 is 5.32 Å². The van der Waals surface area contributed by atoms with Crippen LogP contribution in [0.3, 0.4) is 0 Å². The van der Waals surface area contributed by atoms with Crippen molar-refractivity contribution in [3.63, 3.8) is 0 Å². The molecule has 0 unspecified atom stereocenters. The van der Waals surface area contributed by atoms with Crippen LogP contribution < -0.4 is 5.32 Å². The minimum absolute atomic E-state index is 0.902. The molecular weight excluding hydrogens is 214 g/mol. The highest BCUT2D eigenvalue weighted by atomic mass is 32.1. The Balaban J connectivity index is 2.10. The molecule has 0 amide bonds. The maximum Gasteiger partial charge on any atom is 0.152 e.